The quantitative estimate of drug-likeness (QED) is 0.0964. The van der Waals surface area contributed by atoms with Crippen LogP contribution in [0.25, 0.3) is 73.2 Å². The van der Waals surface area contributed by atoms with Gasteiger partial charge in [-0.3, -0.25) is 0 Å². The third-order valence-corrected chi connectivity index (χ3v) is 11.3. The monoisotopic (exact) mass is 825 g/mol. The van der Waals surface area contributed by atoms with Crippen LogP contribution in [0.2, 0.25) is 0 Å². The van der Waals surface area contributed by atoms with Crippen molar-refractivity contribution in [3.05, 3.63) is 241 Å². The maximum Gasteiger partial charge on any atom is 0.164 e. The molecule has 1 heterocycles. The van der Waals surface area contributed by atoms with Gasteiger partial charge in [-0.25, -0.2) is 24.9 Å². The third-order valence-electron chi connectivity index (χ3n) is 11.3. The summed E-state index contributed by atoms with van der Waals surface area (Å²) in [4.78, 5) is 25.3. The Labute approximate surface area is 376 Å². The molecule has 0 saturated carbocycles. The molecule has 0 saturated heterocycles. The second-order valence-corrected chi connectivity index (χ2v) is 15.5. The van der Waals surface area contributed by atoms with Crippen LogP contribution in [-0.4, -0.2) is 26.5 Å². The van der Waals surface area contributed by atoms with Crippen LogP contribution in [0.3, 0.4) is 0 Å². The zero-order valence-electron chi connectivity index (χ0n) is 36.2. The van der Waals surface area contributed by atoms with E-state index in [0.717, 1.165) is 79.0 Å². The Morgan fingerprint density at radius 2 is 0.828 bits per heavy atom. The van der Waals surface area contributed by atoms with Gasteiger partial charge in [-0.1, -0.05) is 225 Å². The number of amidine groups is 1. The lowest BCUT2D eigenvalue weighted by molar-refractivity contribution is 1.07. The van der Waals surface area contributed by atoms with E-state index in [1.54, 1.807) is 0 Å². The van der Waals surface area contributed by atoms with E-state index in [1.165, 1.54) is 11.1 Å². The van der Waals surface area contributed by atoms with Gasteiger partial charge in [-0.15, -0.1) is 0 Å². The molecule has 1 aromatic heterocycles. The highest BCUT2D eigenvalue weighted by molar-refractivity contribution is 6.15. The van der Waals surface area contributed by atoms with E-state index >= 15 is 0 Å². The second-order valence-electron chi connectivity index (χ2n) is 15.5. The molecule has 64 heavy (non-hydrogen) atoms. The molecule has 0 atom stereocenters. The molecule has 0 aliphatic heterocycles. The van der Waals surface area contributed by atoms with E-state index in [0.29, 0.717) is 23.3 Å². The fourth-order valence-corrected chi connectivity index (χ4v) is 8.06. The smallest absolute Gasteiger partial charge is 0.164 e. The molecule has 9 rings (SSSR count). The molecule has 0 bridgehead atoms. The molecule has 5 heteroatoms. The highest BCUT2D eigenvalue weighted by atomic mass is 15.0. The average molecular weight is 826 g/mol. The third kappa shape index (κ3) is 9.06. The summed E-state index contributed by atoms with van der Waals surface area (Å²) in [5.41, 5.74) is 15.7. The van der Waals surface area contributed by atoms with Crippen LogP contribution < -0.4 is 0 Å². The van der Waals surface area contributed by atoms with Gasteiger partial charge < -0.3 is 0 Å². The predicted octanol–water partition coefficient (Wildman–Crippen LogP) is 14.9. The van der Waals surface area contributed by atoms with E-state index in [1.807, 2.05) is 97.1 Å². The Morgan fingerprint density at radius 1 is 0.406 bits per heavy atom. The van der Waals surface area contributed by atoms with Crippen molar-refractivity contribution in [2.24, 2.45) is 9.98 Å². The highest BCUT2D eigenvalue weighted by Crippen LogP contribution is 2.39. The van der Waals surface area contributed by atoms with E-state index in [4.69, 9.17) is 24.9 Å². The van der Waals surface area contributed by atoms with Gasteiger partial charge >= 0.3 is 0 Å². The largest absolute Gasteiger partial charge is 0.233 e. The van der Waals surface area contributed by atoms with Crippen LogP contribution in [0.1, 0.15) is 42.5 Å². The fourth-order valence-electron chi connectivity index (χ4n) is 8.06. The number of hydrogen-bond donors (Lipinski definition) is 0. The Morgan fingerprint density at radius 3 is 1.39 bits per heavy atom. The molecule has 8 aromatic carbocycles. The number of aliphatic imine (C=N–C) groups is 2. The molecule has 0 amide bonds. The topological polar surface area (TPSA) is 63.4 Å². The first-order chi connectivity index (χ1) is 31.5. The Hall–Kier alpha value is -8.15. The standard InChI is InChI=1S/C59H47N5/c1-4-22-55(44-23-9-5-10-24-44)61-56(45-25-11-6-12-26-45)60-42(3)51-31-17-19-33-53(51)49-35-21-36-50(41(49)2)54-34-20-18-32-52(54)43-37-39-48(40-38-43)59-63-57(46-27-13-7-14-28-46)62-58(64-59)47-29-15-8-16-30-47/h5-40H,4H2,1-3H3/b55-22+,60-42+,61-56-. The zero-order valence-corrected chi connectivity index (χ0v) is 36.2. The van der Waals surface area contributed by atoms with Crippen molar-refractivity contribution in [1.82, 2.24) is 15.0 Å². The second kappa shape index (κ2) is 19.3. The van der Waals surface area contributed by atoms with E-state index in [-0.39, 0.29) is 0 Å². The summed E-state index contributed by atoms with van der Waals surface area (Å²) in [6.45, 7) is 6.45. The van der Waals surface area contributed by atoms with E-state index in [9.17, 15) is 0 Å². The Bertz CT molecular complexity index is 3060. The van der Waals surface area contributed by atoms with E-state index in [2.05, 4.69) is 142 Å². The minimum atomic E-state index is 0.629. The van der Waals surface area contributed by atoms with Crippen molar-refractivity contribution < 1.29 is 0 Å². The summed E-state index contributed by atoms with van der Waals surface area (Å²) in [7, 11) is 0. The normalized spacial score (nSPS) is 12.0. The summed E-state index contributed by atoms with van der Waals surface area (Å²) >= 11 is 0. The van der Waals surface area contributed by atoms with Crippen molar-refractivity contribution >= 4 is 17.2 Å². The van der Waals surface area contributed by atoms with Crippen molar-refractivity contribution in [3.8, 4) is 67.5 Å². The van der Waals surface area contributed by atoms with Crippen LogP contribution in [-0.2, 0) is 0 Å². The van der Waals surface area contributed by atoms with Gasteiger partial charge in [0.15, 0.2) is 23.3 Å². The van der Waals surface area contributed by atoms with Crippen molar-refractivity contribution in [3.63, 3.8) is 0 Å². The molecule has 0 aliphatic carbocycles. The number of aromatic nitrogens is 3. The molecule has 0 aliphatic rings. The fraction of sp³-hybridized carbons (Fsp3) is 0.0678. The molecule has 308 valence electrons. The molecular formula is C59H47N5. The van der Waals surface area contributed by atoms with Crippen molar-refractivity contribution in [2.75, 3.05) is 0 Å². The summed E-state index contributed by atoms with van der Waals surface area (Å²) in [6, 6.07) is 73.1. The molecule has 0 N–H and O–H groups in total. The van der Waals surface area contributed by atoms with Crippen LogP contribution in [0.4, 0.5) is 0 Å². The SMILES string of the molecule is CC/C=C(/N=C(\N=C(/C)c1ccccc1-c1cccc(-c2ccccc2-c2ccc(-c3nc(-c4ccccc4)nc(-c4ccccc4)n3)cc2)c1C)c1ccccc1)c1ccccc1. The molecular weight excluding hydrogens is 779 g/mol. The molecule has 0 unspecified atom stereocenters. The van der Waals surface area contributed by atoms with E-state index < -0.39 is 0 Å². The zero-order chi connectivity index (χ0) is 43.7. The number of rotatable bonds is 11. The van der Waals surface area contributed by atoms with Crippen LogP contribution in [0, 0.1) is 6.92 Å². The predicted molar refractivity (Wildman–Crippen MR) is 267 cm³/mol. The lowest BCUT2D eigenvalue weighted by Crippen LogP contribution is -2.06. The summed E-state index contributed by atoms with van der Waals surface area (Å²) in [5, 5.41) is 0. The number of hydrogen-bond acceptors (Lipinski definition) is 4. The number of benzene rings is 8. The molecule has 0 fully saturated rings. The van der Waals surface area contributed by atoms with Crippen LogP contribution in [0.5, 0.6) is 0 Å². The molecule has 9 aromatic rings. The summed E-state index contributed by atoms with van der Waals surface area (Å²) in [6.07, 6.45) is 3.02. The summed E-state index contributed by atoms with van der Waals surface area (Å²) < 4.78 is 0. The van der Waals surface area contributed by atoms with Gasteiger partial charge in [-0.2, -0.15) is 0 Å². The van der Waals surface area contributed by atoms with Gasteiger partial charge in [-0.05, 0) is 64.8 Å². The van der Waals surface area contributed by atoms with Crippen LogP contribution >= 0.6 is 0 Å². The highest BCUT2D eigenvalue weighted by Gasteiger charge is 2.18. The summed E-state index contributed by atoms with van der Waals surface area (Å²) in [5.74, 6) is 2.59. The van der Waals surface area contributed by atoms with Gasteiger partial charge in [0.05, 0.1) is 5.70 Å². The molecule has 0 spiro atoms. The van der Waals surface area contributed by atoms with Crippen molar-refractivity contribution in [1.29, 1.82) is 0 Å². The van der Waals surface area contributed by atoms with Crippen LogP contribution in [0.15, 0.2) is 228 Å². The molecule has 0 radical (unpaired) electrons. The maximum atomic E-state index is 5.30. The number of nitrogens with zero attached hydrogens (tertiary/aromatic N) is 5. The Balaban J connectivity index is 1.07. The average Bonchev–Trinajstić information content (AvgIpc) is 3.37. The first-order valence-electron chi connectivity index (χ1n) is 21.8. The lowest BCUT2D eigenvalue weighted by Gasteiger charge is -2.18. The Kier molecular flexibility index (Phi) is 12.4. The lowest BCUT2D eigenvalue weighted by atomic mass is 9.87. The first-order valence-corrected chi connectivity index (χ1v) is 21.8. The minimum Gasteiger partial charge on any atom is -0.233 e. The first kappa shape index (κ1) is 41.2. The maximum absolute atomic E-state index is 5.30. The molecule has 5 nitrogen and oxygen atoms in total. The number of allylic oxidation sites excluding steroid dienone is 1. The van der Waals surface area contributed by atoms with Gasteiger partial charge in [0.25, 0.3) is 0 Å². The minimum absolute atomic E-state index is 0.629. The van der Waals surface area contributed by atoms with Gasteiger partial charge in [0, 0.05) is 33.5 Å². The van der Waals surface area contributed by atoms with Gasteiger partial charge in [0.2, 0.25) is 0 Å². The van der Waals surface area contributed by atoms with Crippen molar-refractivity contribution in [2.45, 2.75) is 27.2 Å². The van der Waals surface area contributed by atoms with Gasteiger partial charge in [0.1, 0.15) is 0 Å².